The monoisotopic (exact) mass is 738 g/mol. The second kappa shape index (κ2) is 22.6. The first kappa shape index (κ1) is 48.4. The summed E-state index contributed by atoms with van der Waals surface area (Å²) in [5, 5.41) is 32.8. The van der Waals surface area contributed by atoms with E-state index in [-0.39, 0.29) is 113 Å². The summed E-state index contributed by atoms with van der Waals surface area (Å²) in [6, 6.07) is 24.8. The van der Waals surface area contributed by atoms with Crippen molar-refractivity contribution >= 4 is 63.0 Å². The SMILES string of the molecule is CC(C)c1c(C(=O)Nc2ccccc2)c(-c2ccccc2)c(-c2ccc(F)cc2)n1CC[C@@H](O)C[C@@H](O)CC(=O)O.O.O.O.O.O.[H-].[H-].[Sr+2]. The summed E-state index contributed by atoms with van der Waals surface area (Å²) >= 11 is 0. The van der Waals surface area contributed by atoms with E-state index >= 15 is 0 Å². The molecule has 0 unspecified atom stereocenters. The van der Waals surface area contributed by atoms with Gasteiger partial charge in [-0.25, -0.2) is 4.39 Å². The molecule has 0 saturated heterocycles. The third-order valence-corrected chi connectivity index (χ3v) is 6.93. The fourth-order valence-electron chi connectivity index (χ4n) is 5.20. The third kappa shape index (κ3) is 12.5. The van der Waals surface area contributed by atoms with Gasteiger partial charge in [-0.1, -0.05) is 62.4 Å². The molecule has 0 bridgehead atoms. The molecular weight excluding hydrogens is 691 g/mol. The van der Waals surface area contributed by atoms with Gasteiger partial charge in [-0.2, -0.15) is 0 Å². The molecule has 0 saturated carbocycles. The van der Waals surface area contributed by atoms with Crippen molar-refractivity contribution in [1.82, 2.24) is 4.57 Å². The van der Waals surface area contributed by atoms with E-state index < -0.39 is 24.6 Å². The minimum atomic E-state index is -1.18. The number of rotatable bonds is 12. The van der Waals surface area contributed by atoms with Crippen molar-refractivity contribution in [3.05, 3.63) is 102 Å². The number of aromatic nitrogens is 1. The second-order valence-corrected chi connectivity index (χ2v) is 10.4. The molecule has 1 amide bonds. The molecule has 14 N–H and O–H groups in total. The van der Waals surface area contributed by atoms with Crippen LogP contribution in [0.25, 0.3) is 22.4 Å². The molecule has 1 heterocycles. The number of hydrogen-bond acceptors (Lipinski definition) is 4. The Morgan fingerprint density at radius 2 is 1.34 bits per heavy atom. The van der Waals surface area contributed by atoms with Crippen LogP contribution in [0.5, 0.6) is 0 Å². The van der Waals surface area contributed by atoms with Crippen LogP contribution in [0.1, 0.15) is 57.9 Å². The summed E-state index contributed by atoms with van der Waals surface area (Å²) in [6.07, 6.45) is -2.51. The van der Waals surface area contributed by atoms with E-state index in [0.717, 1.165) is 11.3 Å². The van der Waals surface area contributed by atoms with Gasteiger partial charge in [0.1, 0.15) is 5.82 Å². The molecule has 14 heteroatoms. The normalized spacial score (nSPS) is 11.1. The Hall–Kier alpha value is -2.99. The van der Waals surface area contributed by atoms with Gasteiger partial charge in [-0.05, 0) is 66.3 Å². The molecule has 4 aromatic rings. The topological polar surface area (TPSA) is 269 Å². The quantitative estimate of drug-likeness (QED) is 0.159. The molecule has 0 fully saturated rings. The number of nitrogens with one attached hydrogen (secondary N) is 1. The molecule has 0 aliphatic carbocycles. The van der Waals surface area contributed by atoms with E-state index in [4.69, 9.17) is 5.11 Å². The largest absolute Gasteiger partial charge is 2.00 e. The number of benzene rings is 3. The number of aliphatic hydroxyl groups excluding tert-OH is 2. The molecule has 0 aliphatic rings. The van der Waals surface area contributed by atoms with Crippen molar-refractivity contribution in [2.24, 2.45) is 0 Å². The zero-order valence-electron chi connectivity index (χ0n) is 28.3. The molecular formula is C33H47FN2O10Sr. The summed E-state index contributed by atoms with van der Waals surface area (Å²) in [6.45, 7) is 4.25. The maximum Gasteiger partial charge on any atom is 2.00 e. The van der Waals surface area contributed by atoms with Gasteiger partial charge in [-0.15, -0.1) is 0 Å². The molecule has 0 radical (unpaired) electrons. The van der Waals surface area contributed by atoms with Crippen LogP contribution in [0.15, 0.2) is 84.9 Å². The number of amides is 1. The van der Waals surface area contributed by atoms with Gasteiger partial charge in [-0.3, -0.25) is 9.59 Å². The minimum absolute atomic E-state index is 0. The first-order valence-electron chi connectivity index (χ1n) is 13.7. The van der Waals surface area contributed by atoms with Crippen LogP contribution in [0, 0.1) is 5.82 Å². The molecule has 3 aromatic carbocycles. The Morgan fingerprint density at radius 1 is 0.809 bits per heavy atom. The number of aliphatic hydroxyl groups is 2. The molecule has 12 nitrogen and oxygen atoms in total. The molecule has 258 valence electrons. The van der Waals surface area contributed by atoms with E-state index in [1.165, 1.54) is 12.1 Å². The van der Waals surface area contributed by atoms with Crippen molar-refractivity contribution in [3.8, 4) is 22.4 Å². The molecule has 4 rings (SSSR count). The Morgan fingerprint density at radius 3 is 1.85 bits per heavy atom. The number of halogens is 1. The average molecular weight is 738 g/mol. The van der Waals surface area contributed by atoms with Crippen LogP contribution >= 0.6 is 0 Å². The number of carboxylic acids is 1. The number of carbonyl (C=O) groups is 2. The summed E-state index contributed by atoms with van der Waals surface area (Å²) in [5.41, 5.74) is 4.77. The Balaban J connectivity index is -0.000000807. The van der Waals surface area contributed by atoms with Gasteiger partial charge < -0.3 is 55.4 Å². The summed E-state index contributed by atoms with van der Waals surface area (Å²) in [4.78, 5) is 25.0. The average Bonchev–Trinajstić information content (AvgIpc) is 3.28. The van der Waals surface area contributed by atoms with E-state index in [9.17, 15) is 24.2 Å². The first-order chi connectivity index (χ1) is 19.7. The Kier molecular flexibility index (Phi) is 23.2. The second-order valence-electron chi connectivity index (χ2n) is 10.4. The van der Waals surface area contributed by atoms with Crippen LogP contribution in [-0.4, -0.2) is 117 Å². The smallest absolute Gasteiger partial charge is 1.00 e. The standard InChI is InChI=1S/C33H35FN2O5.5H2O.Sr.2H/c1-21(2)31-30(33(41)35-25-11-7-4-8-12-25)29(22-9-5-3-6-10-22)32(23-13-15-24(34)16-14-23)36(31)18-17-26(37)19-27(38)20-28(39)40;;;;;;;;/h3-16,21,26-27,37-38H,17-20H2,1-2H3,(H,35,41)(H,39,40);5*1H2;;;/q;;;;;;+2;2*-1/t26-,27-;;;;;;;;/m1......../s1. The fourth-order valence-corrected chi connectivity index (χ4v) is 5.20. The molecule has 2 atom stereocenters. The van der Waals surface area contributed by atoms with Gasteiger partial charge in [0.15, 0.2) is 0 Å². The van der Waals surface area contributed by atoms with Crippen molar-refractivity contribution < 1.29 is 59.5 Å². The summed E-state index contributed by atoms with van der Waals surface area (Å²) in [7, 11) is 0. The number of para-hydroxylation sites is 1. The van der Waals surface area contributed by atoms with Gasteiger partial charge >= 0.3 is 51.5 Å². The predicted octanol–water partition coefficient (Wildman–Crippen LogP) is 2.03. The zero-order chi connectivity index (χ0) is 29.5. The number of carbonyl (C=O) groups excluding carboxylic acids is 1. The van der Waals surface area contributed by atoms with Crippen molar-refractivity contribution in [3.63, 3.8) is 0 Å². The van der Waals surface area contributed by atoms with Crippen LogP contribution in [0.4, 0.5) is 10.1 Å². The van der Waals surface area contributed by atoms with Crippen LogP contribution in [0.2, 0.25) is 0 Å². The van der Waals surface area contributed by atoms with E-state index in [1.54, 1.807) is 12.1 Å². The van der Waals surface area contributed by atoms with Gasteiger partial charge in [0.05, 0.1) is 29.9 Å². The van der Waals surface area contributed by atoms with Gasteiger partial charge in [0.25, 0.3) is 5.91 Å². The molecule has 0 spiro atoms. The summed E-state index contributed by atoms with van der Waals surface area (Å²) < 4.78 is 16.0. The molecule has 47 heavy (non-hydrogen) atoms. The Labute approximate surface area is 312 Å². The van der Waals surface area contributed by atoms with E-state index in [0.29, 0.717) is 28.1 Å². The van der Waals surface area contributed by atoms with Gasteiger partial charge in [0.2, 0.25) is 0 Å². The van der Waals surface area contributed by atoms with E-state index in [2.05, 4.69) is 5.32 Å². The number of nitrogens with zero attached hydrogens (tertiary/aromatic N) is 1. The molecule has 0 aliphatic heterocycles. The predicted molar refractivity (Wildman–Crippen MR) is 183 cm³/mol. The number of anilines is 1. The van der Waals surface area contributed by atoms with Crippen molar-refractivity contribution in [1.29, 1.82) is 0 Å². The third-order valence-electron chi connectivity index (χ3n) is 6.93. The van der Waals surface area contributed by atoms with Gasteiger partial charge in [0, 0.05) is 23.5 Å². The zero-order valence-corrected chi connectivity index (χ0v) is 29.8. The fraction of sp³-hybridized carbons (Fsp3) is 0.273. The van der Waals surface area contributed by atoms with Crippen LogP contribution in [-0.2, 0) is 11.3 Å². The number of hydrogen-bond donors (Lipinski definition) is 4. The maximum absolute atomic E-state index is 14.0. The van der Waals surface area contributed by atoms with E-state index in [1.807, 2.05) is 79.1 Å². The van der Waals surface area contributed by atoms with Crippen molar-refractivity contribution in [2.75, 3.05) is 5.32 Å². The first-order valence-corrected chi connectivity index (χ1v) is 13.7. The van der Waals surface area contributed by atoms with Crippen LogP contribution in [0.3, 0.4) is 0 Å². The maximum atomic E-state index is 14.0. The van der Waals surface area contributed by atoms with Crippen molar-refractivity contribution in [2.45, 2.75) is 57.8 Å². The number of aliphatic carboxylic acids is 1. The minimum Gasteiger partial charge on any atom is -1.00 e. The Bertz CT molecular complexity index is 1500. The molecule has 1 aromatic heterocycles. The number of carboxylic acid groups (broad SMARTS) is 1. The summed E-state index contributed by atoms with van der Waals surface area (Å²) in [5.74, 6) is -1.93. The van der Waals surface area contributed by atoms with Crippen LogP contribution < -0.4 is 5.32 Å².